The van der Waals surface area contributed by atoms with Gasteiger partial charge in [-0.3, -0.25) is 9.36 Å². The Balaban J connectivity index is 1.49. The Morgan fingerprint density at radius 2 is 1.79 bits per heavy atom. The quantitative estimate of drug-likeness (QED) is 0.152. The molecule has 238 valence electrons. The summed E-state index contributed by atoms with van der Waals surface area (Å²) >= 11 is 11.1. The number of carbonyl (C=O) groups is 1. The molecule has 0 spiro atoms. The molecule has 1 aliphatic heterocycles. The Morgan fingerprint density at radius 1 is 1.06 bits per heavy atom. The predicted molar refractivity (Wildman–Crippen MR) is 184 cm³/mol. The van der Waals surface area contributed by atoms with Gasteiger partial charge < -0.3 is 14.2 Å². The van der Waals surface area contributed by atoms with Gasteiger partial charge in [0.2, 0.25) is 0 Å². The molecule has 6 rings (SSSR count). The third-order valence-electron chi connectivity index (χ3n) is 7.44. The summed E-state index contributed by atoms with van der Waals surface area (Å²) in [5, 5.41) is 0.593. The number of halogens is 3. The van der Waals surface area contributed by atoms with Gasteiger partial charge in [0.05, 0.1) is 40.0 Å². The van der Waals surface area contributed by atoms with E-state index in [1.54, 1.807) is 37.3 Å². The lowest BCUT2D eigenvalue weighted by atomic mass is 9.93. The predicted octanol–water partition coefficient (Wildman–Crippen LogP) is 7.08. The molecule has 0 fully saturated rings. The number of rotatable bonds is 9. The summed E-state index contributed by atoms with van der Waals surface area (Å²) in [6, 6.07) is 25.0. The third kappa shape index (κ3) is 6.67. The van der Waals surface area contributed by atoms with Gasteiger partial charge in [0.1, 0.15) is 12.4 Å². The van der Waals surface area contributed by atoms with Crippen molar-refractivity contribution in [3.63, 3.8) is 0 Å². The summed E-state index contributed by atoms with van der Waals surface area (Å²) in [6.07, 6.45) is 1.73. The van der Waals surface area contributed by atoms with Crippen LogP contribution in [0.1, 0.15) is 35.2 Å². The van der Waals surface area contributed by atoms with Crippen LogP contribution in [0.2, 0.25) is 5.02 Å². The Bertz CT molecular complexity index is 2180. The van der Waals surface area contributed by atoms with E-state index in [2.05, 4.69) is 15.9 Å². The van der Waals surface area contributed by atoms with Crippen molar-refractivity contribution in [3.8, 4) is 11.5 Å². The van der Waals surface area contributed by atoms with E-state index in [0.29, 0.717) is 52.7 Å². The first-order chi connectivity index (χ1) is 22.8. The van der Waals surface area contributed by atoms with Crippen LogP contribution in [0.15, 0.2) is 111 Å². The average molecular weight is 734 g/mol. The Morgan fingerprint density at radius 3 is 2.49 bits per heavy atom. The molecular formula is C36H27BrClFN2O5S. The van der Waals surface area contributed by atoms with Crippen molar-refractivity contribution in [2.45, 2.75) is 19.6 Å². The minimum atomic E-state index is -0.912. The van der Waals surface area contributed by atoms with Gasteiger partial charge >= 0.3 is 5.97 Å². The van der Waals surface area contributed by atoms with Crippen LogP contribution in [-0.2, 0) is 16.1 Å². The number of nitrogens with zero attached hydrogens (tertiary/aromatic N) is 2. The Hall–Kier alpha value is -4.51. The zero-order valence-corrected chi connectivity index (χ0v) is 28.4. The third-order valence-corrected chi connectivity index (χ3v) is 9.38. The van der Waals surface area contributed by atoms with E-state index in [0.717, 1.165) is 5.56 Å². The first kappa shape index (κ1) is 32.4. The van der Waals surface area contributed by atoms with Crippen LogP contribution in [0.25, 0.3) is 11.8 Å². The van der Waals surface area contributed by atoms with Crippen LogP contribution >= 0.6 is 38.9 Å². The second-order valence-corrected chi connectivity index (χ2v) is 12.7. The van der Waals surface area contributed by atoms with E-state index in [1.165, 1.54) is 35.1 Å². The first-order valence-corrected chi connectivity index (χ1v) is 16.6. The molecule has 0 bridgehead atoms. The van der Waals surface area contributed by atoms with E-state index in [4.69, 9.17) is 30.8 Å². The Labute approximate surface area is 287 Å². The number of hydrogen-bond donors (Lipinski definition) is 0. The molecule has 11 heteroatoms. The van der Waals surface area contributed by atoms with E-state index in [9.17, 15) is 14.0 Å². The second kappa shape index (κ2) is 14.1. The van der Waals surface area contributed by atoms with Gasteiger partial charge in [-0.25, -0.2) is 14.2 Å². The fourth-order valence-electron chi connectivity index (χ4n) is 5.28. The number of aromatic nitrogens is 1. The van der Waals surface area contributed by atoms with Gasteiger partial charge in [0.25, 0.3) is 5.56 Å². The van der Waals surface area contributed by atoms with E-state index in [-0.39, 0.29) is 24.3 Å². The van der Waals surface area contributed by atoms with Gasteiger partial charge in [-0.2, -0.15) is 0 Å². The summed E-state index contributed by atoms with van der Waals surface area (Å²) in [5.41, 5.74) is 2.91. The molecule has 0 radical (unpaired) electrons. The second-order valence-electron chi connectivity index (χ2n) is 10.4. The van der Waals surface area contributed by atoms with Crippen LogP contribution in [0, 0.1) is 5.82 Å². The molecule has 0 amide bonds. The van der Waals surface area contributed by atoms with Gasteiger partial charge in [-0.05, 0) is 70.4 Å². The van der Waals surface area contributed by atoms with Crippen LogP contribution in [-0.4, -0.2) is 24.3 Å². The normalized spacial score (nSPS) is 14.4. The van der Waals surface area contributed by atoms with Crippen molar-refractivity contribution in [1.29, 1.82) is 0 Å². The first-order valence-electron chi connectivity index (χ1n) is 14.6. The van der Waals surface area contributed by atoms with Crippen molar-refractivity contribution in [1.82, 2.24) is 4.57 Å². The molecule has 47 heavy (non-hydrogen) atoms. The molecule has 0 saturated carbocycles. The SMILES string of the molecule is CCOC(=O)C1=C(c2ccccc2)N=c2s/c(=C\c3cc(Br)c(OCc4ccccc4Cl)c(OC)c3)c(=O)n2C1c1ccc(F)cc1. The number of benzene rings is 4. The molecule has 2 heterocycles. The van der Waals surface area contributed by atoms with E-state index in [1.807, 2.05) is 54.6 Å². The van der Waals surface area contributed by atoms with Crippen LogP contribution in [0.3, 0.4) is 0 Å². The molecule has 1 aliphatic rings. The maximum atomic E-state index is 14.2. The Kier molecular flexibility index (Phi) is 9.72. The number of esters is 1. The number of hydrogen-bond acceptors (Lipinski definition) is 7. The van der Waals surface area contributed by atoms with E-state index < -0.39 is 17.8 Å². The average Bonchev–Trinajstić information content (AvgIpc) is 3.38. The minimum Gasteiger partial charge on any atom is -0.493 e. The van der Waals surface area contributed by atoms with Crippen molar-refractivity contribution >= 4 is 56.6 Å². The molecular weight excluding hydrogens is 707 g/mol. The highest BCUT2D eigenvalue weighted by Crippen LogP contribution is 2.38. The summed E-state index contributed by atoms with van der Waals surface area (Å²) in [6.45, 7) is 2.06. The lowest BCUT2D eigenvalue weighted by Crippen LogP contribution is -2.40. The molecule has 0 saturated heterocycles. The summed E-state index contributed by atoms with van der Waals surface area (Å²) in [7, 11) is 1.53. The number of fused-ring (bicyclic) bond motifs is 1. The number of ether oxygens (including phenoxy) is 3. The fourth-order valence-corrected chi connectivity index (χ4v) is 7.05. The smallest absolute Gasteiger partial charge is 0.338 e. The monoisotopic (exact) mass is 732 g/mol. The molecule has 0 aliphatic carbocycles. The zero-order chi connectivity index (χ0) is 33.1. The van der Waals surface area contributed by atoms with Crippen molar-refractivity contribution < 1.29 is 23.4 Å². The lowest BCUT2D eigenvalue weighted by molar-refractivity contribution is -0.138. The van der Waals surface area contributed by atoms with Gasteiger partial charge in [-0.15, -0.1) is 0 Å². The van der Waals surface area contributed by atoms with Crippen molar-refractivity contribution in [3.05, 3.63) is 154 Å². The fraction of sp³-hybridized carbons (Fsp3) is 0.139. The highest BCUT2D eigenvalue weighted by Gasteiger charge is 2.35. The van der Waals surface area contributed by atoms with Crippen LogP contribution in [0.4, 0.5) is 4.39 Å². The van der Waals surface area contributed by atoms with Crippen LogP contribution in [0.5, 0.6) is 11.5 Å². The highest BCUT2D eigenvalue weighted by atomic mass is 79.9. The summed E-state index contributed by atoms with van der Waals surface area (Å²) < 4.78 is 33.7. The number of methoxy groups -OCH3 is 1. The largest absolute Gasteiger partial charge is 0.493 e. The molecule has 7 nitrogen and oxygen atoms in total. The molecule has 1 atom stereocenters. The van der Waals surface area contributed by atoms with Crippen LogP contribution < -0.4 is 24.4 Å². The molecule has 5 aromatic rings. The van der Waals surface area contributed by atoms with Gasteiger partial charge in [0, 0.05) is 16.1 Å². The number of thiazole rings is 1. The lowest BCUT2D eigenvalue weighted by Gasteiger charge is -2.25. The topological polar surface area (TPSA) is 79.1 Å². The maximum absolute atomic E-state index is 14.2. The standard InChI is InChI=1S/C36H27BrClFN2O5S/c1-3-45-35(43)30-31(22-9-5-4-6-10-22)40-36-41(32(30)23-13-15-25(39)16-14-23)34(42)29(47-36)19-21-17-26(37)33(28(18-21)44-2)46-20-24-11-7-8-12-27(24)38/h4-19,32H,3,20H2,1-2H3/b29-19-. The minimum absolute atomic E-state index is 0.125. The van der Waals surface area contributed by atoms with Gasteiger partial charge in [-0.1, -0.05) is 83.6 Å². The van der Waals surface area contributed by atoms with Gasteiger partial charge in [0.15, 0.2) is 16.3 Å². The maximum Gasteiger partial charge on any atom is 0.338 e. The molecule has 0 N–H and O–H groups in total. The highest BCUT2D eigenvalue weighted by molar-refractivity contribution is 9.10. The molecule has 1 unspecified atom stereocenters. The molecule has 1 aromatic heterocycles. The van der Waals surface area contributed by atoms with E-state index >= 15 is 0 Å². The summed E-state index contributed by atoms with van der Waals surface area (Å²) in [5.74, 6) is -0.121. The van der Waals surface area contributed by atoms with Crippen molar-refractivity contribution in [2.75, 3.05) is 13.7 Å². The number of carbonyl (C=O) groups excluding carboxylic acids is 1. The molecule has 4 aromatic carbocycles. The summed E-state index contributed by atoms with van der Waals surface area (Å²) in [4.78, 5) is 33.0. The van der Waals surface area contributed by atoms with Crippen molar-refractivity contribution in [2.24, 2.45) is 4.99 Å². The zero-order valence-electron chi connectivity index (χ0n) is 25.2.